The number of rotatable bonds is 2. The van der Waals surface area contributed by atoms with Gasteiger partial charge in [-0.05, 0) is 26.0 Å². The fourth-order valence-electron chi connectivity index (χ4n) is 1.04. The van der Waals surface area contributed by atoms with E-state index in [-0.39, 0.29) is 0 Å². The van der Waals surface area contributed by atoms with Gasteiger partial charge in [-0.25, -0.2) is 4.79 Å². The topological polar surface area (TPSA) is 67.4 Å². The predicted octanol–water partition coefficient (Wildman–Crippen LogP) is 1.39. The van der Waals surface area contributed by atoms with Crippen LogP contribution in [0, 0.1) is 6.92 Å². The van der Waals surface area contributed by atoms with Crippen LogP contribution in [0.15, 0.2) is 24.3 Å². The van der Waals surface area contributed by atoms with Gasteiger partial charge in [0.25, 0.3) is 5.91 Å². The van der Waals surface area contributed by atoms with Crippen molar-refractivity contribution in [2.75, 3.05) is 6.54 Å². The first-order chi connectivity index (χ1) is 7.63. The molecule has 0 spiro atoms. The number of amides is 2. The van der Waals surface area contributed by atoms with Gasteiger partial charge in [-0.15, -0.1) is 0 Å². The lowest BCUT2D eigenvalue weighted by Gasteiger charge is -2.05. The van der Waals surface area contributed by atoms with Crippen molar-refractivity contribution >= 4 is 12.0 Å². The van der Waals surface area contributed by atoms with Crippen molar-refractivity contribution in [1.82, 2.24) is 10.8 Å². The number of aryl methyl sites for hydroxylation is 1. The molecule has 5 heteroatoms. The molecule has 5 nitrogen and oxygen atoms in total. The summed E-state index contributed by atoms with van der Waals surface area (Å²) in [6.45, 7) is 4.12. The third-order valence-corrected chi connectivity index (χ3v) is 1.87. The maximum Gasteiger partial charge on any atom is 0.431 e. The van der Waals surface area contributed by atoms with E-state index in [1.807, 2.05) is 6.92 Å². The van der Waals surface area contributed by atoms with Crippen LogP contribution in [0.1, 0.15) is 22.8 Å². The maximum atomic E-state index is 11.4. The zero-order valence-electron chi connectivity index (χ0n) is 9.24. The summed E-state index contributed by atoms with van der Waals surface area (Å²) in [5.41, 5.74) is 3.55. The van der Waals surface area contributed by atoms with Crippen LogP contribution in [0.2, 0.25) is 0 Å². The first-order valence-electron chi connectivity index (χ1n) is 4.95. The minimum atomic E-state index is -0.678. The van der Waals surface area contributed by atoms with E-state index in [1.54, 1.807) is 31.2 Å². The van der Waals surface area contributed by atoms with E-state index in [9.17, 15) is 9.59 Å². The number of hydroxylamine groups is 1. The summed E-state index contributed by atoms with van der Waals surface area (Å²) < 4.78 is 0. The molecule has 16 heavy (non-hydrogen) atoms. The van der Waals surface area contributed by atoms with Crippen LogP contribution in [-0.4, -0.2) is 18.5 Å². The largest absolute Gasteiger partial charge is 0.431 e. The van der Waals surface area contributed by atoms with Crippen molar-refractivity contribution in [3.05, 3.63) is 35.4 Å². The lowest BCUT2D eigenvalue weighted by Crippen LogP contribution is -2.33. The third kappa shape index (κ3) is 3.61. The Kier molecular flexibility index (Phi) is 4.32. The molecule has 0 heterocycles. The second-order valence-corrected chi connectivity index (χ2v) is 3.22. The molecule has 0 aliphatic heterocycles. The standard InChI is InChI=1S/C11H14N2O3/c1-3-12-11(15)16-13-10(14)9-6-4-8(2)5-7-9/h4-7H,3H2,1-2H3,(H,12,15)(H,13,14). The summed E-state index contributed by atoms with van der Waals surface area (Å²) in [6.07, 6.45) is -0.678. The van der Waals surface area contributed by atoms with Crippen LogP contribution in [0.4, 0.5) is 4.79 Å². The molecule has 2 amide bonds. The molecule has 0 saturated heterocycles. The number of carbonyl (C=O) groups is 2. The summed E-state index contributed by atoms with van der Waals surface area (Å²) in [6, 6.07) is 6.93. The zero-order chi connectivity index (χ0) is 12.0. The average molecular weight is 222 g/mol. The molecule has 0 fully saturated rings. The van der Waals surface area contributed by atoms with Crippen molar-refractivity contribution in [3.63, 3.8) is 0 Å². The predicted molar refractivity (Wildman–Crippen MR) is 58.8 cm³/mol. The van der Waals surface area contributed by atoms with Gasteiger partial charge in [-0.2, -0.15) is 5.48 Å². The fourth-order valence-corrected chi connectivity index (χ4v) is 1.04. The first kappa shape index (κ1) is 12.0. The molecule has 1 aromatic rings. The van der Waals surface area contributed by atoms with Gasteiger partial charge in [0.15, 0.2) is 0 Å². The maximum absolute atomic E-state index is 11.4. The molecule has 0 unspecified atom stereocenters. The van der Waals surface area contributed by atoms with Gasteiger partial charge in [-0.3, -0.25) is 4.79 Å². The van der Waals surface area contributed by atoms with E-state index in [1.165, 1.54) is 0 Å². The van der Waals surface area contributed by atoms with Crippen molar-refractivity contribution in [2.24, 2.45) is 0 Å². The van der Waals surface area contributed by atoms with Crippen LogP contribution < -0.4 is 10.8 Å². The van der Waals surface area contributed by atoms with Crippen LogP contribution in [0.3, 0.4) is 0 Å². The lowest BCUT2D eigenvalue weighted by atomic mass is 10.1. The molecule has 0 aliphatic rings. The van der Waals surface area contributed by atoms with Gasteiger partial charge in [0.1, 0.15) is 0 Å². The quantitative estimate of drug-likeness (QED) is 0.743. The molecule has 1 rings (SSSR count). The Balaban J connectivity index is 2.47. The second kappa shape index (κ2) is 5.75. The molecule has 0 atom stereocenters. The minimum absolute atomic E-state index is 0.440. The van der Waals surface area contributed by atoms with Gasteiger partial charge < -0.3 is 10.2 Å². The van der Waals surface area contributed by atoms with Crippen molar-refractivity contribution in [1.29, 1.82) is 0 Å². The van der Waals surface area contributed by atoms with Crippen LogP contribution in [0.25, 0.3) is 0 Å². The molecule has 0 bridgehead atoms. The number of hydrogen-bond donors (Lipinski definition) is 2. The Morgan fingerprint density at radius 2 is 1.88 bits per heavy atom. The molecular formula is C11H14N2O3. The van der Waals surface area contributed by atoms with E-state index >= 15 is 0 Å². The van der Waals surface area contributed by atoms with Crippen molar-refractivity contribution in [3.8, 4) is 0 Å². The Morgan fingerprint density at radius 3 is 2.44 bits per heavy atom. The summed E-state index contributed by atoms with van der Waals surface area (Å²) in [4.78, 5) is 26.8. The van der Waals surface area contributed by atoms with Crippen LogP contribution >= 0.6 is 0 Å². The highest BCUT2D eigenvalue weighted by molar-refractivity contribution is 5.94. The van der Waals surface area contributed by atoms with E-state index in [0.717, 1.165) is 5.56 Å². The smallest absolute Gasteiger partial charge is 0.321 e. The van der Waals surface area contributed by atoms with E-state index in [0.29, 0.717) is 12.1 Å². The molecule has 86 valence electrons. The SMILES string of the molecule is CCNC(=O)ONC(=O)c1ccc(C)cc1. The monoisotopic (exact) mass is 222 g/mol. The number of nitrogens with one attached hydrogen (secondary N) is 2. The number of benzene rings is 1. The Bertz CT molecular complexity index is 373. The summed E-state index contributed by atoms with van der Waals surface area (Å²) in [5, 5.41) is 2.39. The zero-order valence-corrected chi connectivity index (χ0v) is 9.24. The molecule has 1 aromatic carbocycles. The Morgan fingerprint density at radius 1 is 1.25 bits per heavy atom. The summed E-state index contributed by atoms with van der Waals surface area (Å²) >= 11 is 0. The Labute approximate surface area is 93.7 Å². The number of carbonyl (C=O) groups excluding carboxylic acids is 2. The Hall–Kier alpha value is -2.04. The van der Waals surface area contributed by atoms with Gasteiger partial charge in [0.2, 0.25) is 0 Å². The lowest BCUT2D eigenvalue weighted by molar-refractivity contribution is 0.0574. The molecule has 0 radical (unpaired) electrons. The fraction of sp³-hybridized carbons (Fsp3) is 0.273. The van der Waals surface area contributed by atoms with Crippen molar-refractivity contribution < 1.29 is 14.4 Å². The first-order valence-corrected chi connectivity index (χ1v) is 4.95. The van der Waals surface area contributed by atoms with Crippen LogP contribution in [-0.2, 0) is 4.84 Å². The van der Waals surface area contributed by atoms with E-state index in [2.05, 4.69) is 15.6 Å². The van der Waals surface area contributed by atoms with Gasteiger partial charge in [-0.1, -0.05) is 17.7 Å². The summed E-state index contributed by atoms with van der Waals surface area (Å²) in [7, 11) is 0. The highest BCUT2D eigenvalue weighted by Gasteiger charge is 2.07. The minimum Gasteiger partial charge on any atom is -0.321 e. The molecule has 0 aromatic heterocycles. The highest BCUT2D eigenvalue weighted by Crippen LogP contribution is 2.02. The second-order valence-electron chi connectivity index (χ2n) is 3.22. The number of hydrogen-bond acceptors (Lipinski definition) is 3. The molecule has 0 saturated carbocycles. The molecule has 0 aliphatic carbocycles. The molecule has 2 N–H and O–H groups in total. The van der Waals surface area contributed by atoms with Gasteiger partial charge >= 0.3 is 6.09 Å². The normalized spacial score (nSPS) is 9.38. The van der Waals surface area contributed by atoms with E-state index in [4.69, 9.17) is 0 Å². The van der Waals surface area contributed by atoms with Gasteiger partial charge in [0, 0.05) is 12.1 Å². The summed E-state index contributed by atoms with van der Waals surface area (Å²) in [5.74, 6) is -0.453. The third-order valence-electron chi connectivity index (χ3n) is 1.87. The van der Waals surface area contributed by atoms with Crippen molar-refractivity contribution in [2.45, 2.75) is 13.8 Å². The van der Waals surface area contributed by atoms with E-state index < -0.39 is 12.0 Å². The average Bonchev–Trinajstić information content (AvgIpc) is 2.27. The van der Waals surface area contributed by atoms with Gasteiger partial charge in [0.05, 0.1) is 0 Å². The highest BCUT2D eigenvalue weighted by atomic mass is 16.7. The van der Waals surface area contributed by atoms with Crippen LogP contribution in [0.5, 0.6) is 0 Å². The molecular weight excluding hydrogens is 208 g/mol.